The molecule has 1 saturated carbocycles. The summed E-state index contributed by atoms with van der Waals surface area (Å²) in [7, 11) is 0. The van der Waals surface area contributed by atoms with Gasteiger partial charge in [0.05, 0.1) is 11.6 Å². The predicted molar refractivity (Wildman–Crippen MR) is 64.3 cm³/mol. The molecule has 1 fully saturated rings. The van der Waals surface area contributed by atoms with E-state index >= 15 is 0 Å². The molecular formula is C14H15NO. The minimum absolute atomic E-state index is 0.102. The lowest BCUT2D eigenvalue weighted by Gasteiger charge is -2.10. The Morgan fingerprint density at radius 2 is 2.12 bits per heavy atom. The van der Waals surface area contributed by atoms with Crippen molar-refractivity contribution in [3.63, 3.8) is 0 Å². The Hall–Kier alpha value is -1.41. The van der Waals surface area contributed by atoms with Crippen molar-refractivity contribution in [3.05, 3.63) is 42.1 Å². The van der Waals surface area contributed by atoms with Gasteiger partial charge >= 0.3 is 0 Å². The second kappa shape index (κ2) is 3.87. The first-order valence-corrected chi connectivity index (χ1v) is 5.86. The van der Waals surface area contributed by atoms with Gasteiger partial charge in [-0.25, -0.2) is 0 Å². The summed E-state index contributed by atoms with van der Waals surface area (Å²) in [6.07, 6.45) is 4.67. The van der Waals surface area contributed by atoms with E-state index in [4.69, 9.17) is 0 Å². The lowest BCUT2D eigenvalue weighted by molar-refractivity contribution is 0.181. The summed E-state index contributed by atoms with van der Waals surface area (Å²) in [4.78, 5) is 4.31. The molecule has 2 aromatic rings. The molecule has 0 aliphatic heterocycles. The molecule has 2 atom stereocenters. The van der Waals surface area contributed by atoms with Gasteiger partial charge in [-0.15, -0.1) is 0 Å². The van der Waals surface area contributed by atoms with Crippen LogP contribution in [0.5, 0.6) is 0 Å². The van der Waals surface area contributed by atoms with Gasteiger partial charge in [0.15, 0.2) is 0 Å². The highest BCUT2D eigenvalue weighted by Crippen LogP contribution is 2.35. The minimum Gasteiger partial charge on any atom is -0.393 e. The fourth-order valence-electron chi connectivity index (χ4n) is 2.61. The van der Waals surface area contributed by atoms with Crippen molar-refractivity contribution in [3.8, 4) is 0 Å². The lowest BCUT2D eigenvalue weighted by atomic mass is 9.96. The molecule has 1 aliphatic rings. The molecule has 0 radical (unpaired) electrons. The number of hydrogen-bond acceptors (Lipinski definition) is 2. The Kier molecular flexibility index (Phi) is 2.37. The standard InChI is InChI=1S/C14H15NO/c16-13-5-3-11(9-13)10-4-6-14-12(8-10)2-1-7-15-14/h1-2,4,6-8,11,13,16H,3,5,9H2. The molecule has 82 valence electrons. The summed E-state index contributed by atoms with van der Waals surface area (Å²) in [5, 5.41) is 10.8. The predicted octanol–water partition coefficient (Wildman–Crippen LogP) is 2.86. The number of aromatic nitrogens is 1. The number of fused-ring (bicyclic) bond motifs is 1. The van der Waals surface area contributed by atoms with Crippen LogP contribution in [-0.4, -0.2) is 16.2 Å². The topological polar surface area (TPSA) is 33.1 Å². The number of hydrogen-bond donors (Lipinski definition) is 1. The van der Waals surface area contributed by atoms with E-state index in [1.165, 1.54) is 10.9 Å². The molecule has 1 aromatic carbocycles. The number of nitrogens with zero attached hydrogens (tertiary/aromatic N) is 1. The highest BCUT2D eigenvalue weighted by Gasteiger charge is 2.24. The molecule has 1 aliphatic carbocycles. The average molecular weight is 213 g/mol. The van der Waals surface area contributed by atoms with Crippen molar-refractivity contribution in [1.29, 1.82) is 0 Å². The van der Waals surface area contributed by atoms with E-state index in [1.807, 2.05) is 12.3 Å². The van der Waals surface area contributed by atoms with Crippen LogP contribution < -0.4 is 0 Å². The molecular weight excluding hydrogens is 198 g/mol. The average Bonchev–Trinajstić information content (AvgIpc) is 2.75. The van der Waals surface area contributed by atoms with E-state index in [1.54, 1.807) is 0 Å². The smallest absolute Gasteiger partial charge is 0.0702 e. The molecule has 0 saturated heterocycles. The first-order valence-electron chi connectivity index (χ1n) is 5.86. The van der Waals surface area contributed by atoms with Crippen LogP contribution in [0.25, 0.3) is 10.9 Å². The van der Waals surface area contributed by atoms with E-state index in [2.05, 4.69) is 29.2 Å². The van der Waals surface area contributed by atoms with Crippen molar-refractivity contribution < 1.29 is 5.11 Å². The highest BCUT2D eigenvalue weighted by molar-refractivity contribution is 5.79. The van der Waals surface area contributed by atoms with Crippen LogP contribution in [0.1, 0.15) is 30.7 Å². The summed E-state index contributed by atoms with van der Waals surface area (Å²) in [6, 6.07) is 10.5. The monoisotopic (exact) mass is 213 g/mol. The van der Waals surface area contributed by atoms with Crippen LogP contribution in [0.4, 0.5) is 0 Å². The van der Waals surface area contributed by atoms with Gasteiger partial charge in [0, 0.05) is 11.6 Å². The second-order valence-corrected chi connectivity index (χ2v) is 4.62. The number of pyridine rings is 1. The van der Waals surface area contributed by atoms with Gasteiger partial charge in [0.2, 0.25) is 0 Å². The number of aliphatic hydroxyl groups is 1. The number of benzene rings is 1. The van der Waals surface area contributed by atoms with E-state index < -0.39 is 0 Å². The third-order valence-corrected chi connectivity index (χ3v) is 3.50. The minimum atomic E-state index is -0.102. The maximum Gasteiger partial charge on any atom is 0.0702 e. The quantitative estimate of drug-likeness (QED) is 0.790. The van der Waals surface area contributed by atoms with Crippen LogP contribution in [0.2, 0.25) is 0 Å². The summed E-state index contributed by atoms with van der Waals surface area (Å²) < 4.78 is 0. The van der Waals surface area contributed by atoms with E-state index in [0.29, 0.717) is 5.92 Å². The lowest BCUT2D eigenvalue weighted by Crippen LogP contribution is -1.99. The van der Waals surface area contributed by atoms with Gasteiger partial charge in [0.25, 0.3) is 0 Å². The molecule has 0 bridgehead atoms. The Balaban J connectivity index is 1.99. The van der Waals surface area contributed by atoms with Crippen molar-refractivity contribution in [2.45, 2.75) is 31.3 Å². The number of rotatable bonds is 1. The summed E-state index contributed by atoms with van der Waals surface area (Å²) >= 11 is 0. The fourth-order valence-corrected chi connectivity index (χ4v) is 2.61. The van der Waals surface area contributed by atoms with Crippen LogP contribution in [-0.2, 0) is 0 Å². The van der Waals surface area contributed by atoms with Crippen molar-refractivity contribution in [2.24, 2.45) is 0 Å². The SMILES string of the molecule is OC1CCC(c2ccc3ncccc3c2)C1. The Labute approximate surface area is 94.9 Å². The van der Waals surface area contributed by atoms with Crippen molar-refractivity contribution >= 4 is 10.9 Å². The molecule has 16 heavy (non-hydrogen) atoms. The maximum atomic E-state index is 9.56. The van der Waals surface area contributed by atoms with Gasteiger partial charge in [-0.2, -0.15) is 0 Å². The molecule has 1 heterocycles. The zero-order valence-corrected chi connectivity index (χ0v) is 9.13. The zero-order valence-electron chi connectivity index (χ0n) is 9.13. The summed E-state index contributed by atoms with van der Waals surface area (Å²) in [5.41, 5.74) is 2.39. The first kappa shape index (κ1) is 9.79. The molecule has 1 N–H and O–H groups in total. The van der Waals surface area contributed by atoms with E-state index in [0.717, 1.165) is 24.8 Å². The fraction of sp³-hybridized carbons (Fsp3) is 0.357. The Morgan fingerprint density at radius 1 is 1.19 bits per heavy atom. The molecule has 3 rings (SSSR count). The van der Waals surface area contributed by atoms with Crippen molar-refractivity contribution in [1.82, 2.24) is 4.98 Å². The first-order chi connectivity index (χ1) is 7.83. The summed E-state index contributed by atoms with van der Waals surface area (Å²) in [5.74, 6) is 0.527. The zero-order chi connectivity index (χ0) is 11.0. The molecule has 2 heteroatoms. The van der Waals surface area contributed by atoms with Crippen LogP contribution in [0.15, 0.2) is 36.5 Å². The number of aliphatic hydroxyl groups excluding tert-OH is 1. The van der Waals surface area contributed by atoms with Gasteiger partial charge in [-0.3, -0.25) is 4.98 Å². The molecule has 2 nitrogen and oxygen atoms in total. The highest BCUT2D eigenvalue weighted by atomic mass is 16.3. The van der Waals surface area contributed by atoms with Gasteiger partial charge in [0.1, 0.15) is 0 Å². The van der Waals surface area contributed by atoms with Gasteiger partial charge < -0.3 is 5.11 Å². The van der Waals surface area contributed by atoms with E-state index in [-0.39, 0.29) is 6.10 Å². The Morgan fingerprint density at radius 3 is 2.94 bits per heavy atom. The summed E-state index contributed by atoms with van der Waals surface area (Å²) in [6.45, 7) is 0. The third-order valence-electron chi connectivity index (χ3n) is 3.50. The van der Waals surface area contributed by atoms with Gasteiger partial charge in [-0.05, 0) is 48.9 Å². The van der Waals surface area contributed by atoms with Crippen LogP contribution >= 0.6 is 0 Å². The van der Waals surface area contributed by atoms with Crippen LogP contribution in [0.3, 0.4) is 0 Å². The Bertz CT molecular complexity index is 509. The second-order valence-electron chi connectivity index (χ2n) is 4.62. The van der Waals surface area contributed by atoms with Crippen molar-refractivity contribution in [2.75, 3.05) is 0 Å². The largest absolute Gasteiger partial charge is 0.393 e. The van der Waals surface area contributed by atoms with Crippen LogP contribution in [0, 0.1) is 0 Å². The molecule has 0 amide bonds. The molecule has 1 aromatic heterocycles. The normalized spacial score (nSPS) is 25.1. The van der Waals surface area contributed by atoms with Gasteiger partial charge in [-0.1, -0.05) is 12.1 Å². The molecule has 2 unspecified atom stereocenters. The third kappa shape index (κ3) is 1.69. The van der Waals surface area contributed by atoms with E-state index in [9.17, 15) is 5.11 Å². The molecule has 0 spiro atoms. The maximum absolute atomic E-state index is 9.56.